The van der Waals surface area contributed by atoms with Crippen molar-refractivity contribution < 1.29 is 9.21 Å². The van der Waals surface area contributed by atoms with Crippen molar-refractivity contribution in [1.29, 1.82) is 0 Å². The van der Waals surface area contributed by atoms with Crippen LogP contribution in [0.1, 0.15) is 34.6 Å². The lowest BCUT2D eigenvalue weighted by atomic mass is 10.1. The van der Waals surface area contributed by atoms with Crippen LogP contribution in [-0.4, -0.2) is 20.7 Å². The van der Waals surface area contributed by atoms with E-state index >= 15 is 0 Å². The summed E-state index contributed by atoms with van der Waals surface area (Å²) in [5.41, 5.74) is 2.48. The SMILES string of the molecule is CC(NC(=O)c1ccc(Cn2cncn2)cc1)c1cc2ccccc2o1. The van der Waals surface area contributed by atoms with E-state index in [0.29, 0.717) is 12.1 Å². The monoisotopic (exact) mass is 346 g/mol. The Balaban J connectivity index is 1.43. The number of nitrogens with zero attached hydrogens (tertiary/aromatic N) is 3. The van der Waals surface area contributed by atoms with Gasteiger partial charge in [-0.25, -0.2) is 9.67 Å². The Kier molecular flexibility index (Phi) is 4.23. The maximum atomic E-state index is 12.5. The summed E-state index contributed by atoms with van der Waals surface area (Å²) in [7, 11) is 0. The van der Waals surface area contributed by atoms with Crippen molar-refractivity contribution >= 4 is 16.9 Å². The van der Waals surface area contributed by atoms with E-state index in [0.717, 1.165) is 22.3 Å². The fraction of sp³-hybridized carbons (Fsp3) is 0.150. The zero-order valence-electron chi connectivity index (χ0n) is 14.3. The summed E-state index contributed by atoms with van der Waals surface area (Å²) < 4.78 is 7.55. The van der Waals surface area contributed by atoms with Crippen LogP contribution >= 0.6 is 0 Å². The van der Waals surface area contributed by atoms with E-state index in [9.17, 15) is 4.79 Å². The molecule has 1 atom stereocenters. The van der Waals surface area contributed by atoms with Gasteiger partial charge in [0.15, 0.2) is 0 Å². The number of carbonyl (C=O) groups excluding carboxylic acids is 1. The number of benzene rings is 2. The van der Waals surface area contributed by atoms with Crippen LogP contribution in [0.15, 0.2) is 71.7 Å². The van der Waals surface area contributed by atoms with Crippen LogP contribution in [0.4, 0.5) is 0 Å². The average Bonchev–Trinajstić information content (AvgIpc) is 3.31. The third-order valence-corrected chi connectivity index (χ3v) is 4.25. The number of amides is 1. The van der Waals surface area contributed by atoms with Gasteiger partial charge < -0.3 is 9.73 Å². The Morgan fingerprint density at radius 3 is 2.73 bits per heavy atom. The molecule has 0 aliphatic rings. The Morgan fingerprint density at radius 1 is 1.19 bits per heavy atom. The lowest BCUT2D eigenvalue weighted by molar-refractivity contribution is 0.0935. The molecule has 0 aliphatic carbocycles. The highest BCUT2D eigenvalue weighted by molar-refractivity contribution is 5.94. The van der Waals surface area contributed by atoms with E-state index in [1.165, 1.54) is 6.33 Å². The van der Waals surface area contributed by atoms with Crippen molar-refractivity contribution in [2.24, 2.45) is 0 Å². The van der Waals surface area contributed by atoms with Gasteiger partial charge in [-0.05, 0) is 36.8 Å². The third-order valence-electron chi connectivity index (χ3n) is 4.25. The number of hydrogen-bond donors (Lipinski definition) is 1. The first-order valence-corrected chi connectivity index (χ1v) is 8.40. The first-order chi connectivity index (χ1) is 12.7. The molecule has 0 fully saturated rings. The standard InChI is InChI=1S/C20H18N4O2/c1-14(19-10-17-4-2-3-5-18(17)26-19)23-20(25)16-8-6-15(7-9-16)11-24-13-21-12-22-24/h2-10,12-14H,11H2,1H3,(H,23,25). The highest BCUT2D eigenvalue weighted by Gasteiger charge is 2.15. The summed E-state index contributed by atoms with van der Waals surface area (Å²) in [5, 5.41) is 8.08. The van der Waals surface area contributed by atoms with Crippen molar-refractivity contribution in [3.05, 3.63) is 84.1 Å². The molecule has 4 aromatic rings. The maximum absolute atomic E-state index is 12.5. The highest BCUT2D eigenvalue weighted by Crippen LogP contribution is 2.23. The molecule has 0 saturated heterocycles. The first-order valence-electron chi connectivity index (χ1n) is 8.40. The number of furan rings is 1. The molecule has 2 heterocycles. The molecule has 2 aromatic carbocycles. The van der Waals surface area contributed by atoms with E-state index in [1.54, 1.807) is 11.0 Å². The van der Waals surface area contributed by atoms with Crippen LogP contribution < -0.4 is 5.32 Å². The fourth-order valence-corrected chi connectivity index (χ4v) is 2.83. The minimum Gasteiger partial charge on any atom is -0.459 e. The van der Waals surface area contributed by atoms with Crippen molar-refractivity contribution in [2.45, 2.75) is 19.5 Å². The minimum atomic E-state index is -0.218. The Labute approximate surface area is 150 Å². The Bertz CT molecular complexity index is 987. The molecule has 6 heteroatoms. The molecule has 0 bridgehead atoms. The van der Waals surface area contributed by atoms with Crippen LogP contribution in [0.2, 0.25) is 0 Å². The number of para-hydroxylation sites is 1. The first kappa shape index (κ1) is 16.1. The average molecular weight is 346 g/mol. The van der Waals surface area contributed by atoms with Crippen LogP contribution in [0.25, 0.3) is 11.0 Å². The quantitative estimate of drug-likeness (QED) is 0.600. The van der Waals surface area contributed by atoms with E-state index in [1.807, 2.05) is 61.5 Å². The molecular formula is C20H18N4O2. The molecule has 0 radical (unpaired) electrons. The number of rotatable bonds is 5. The molecule has 4 rings (SSSR count). The Hall–Kier alpha value is -3.41. The van der Waals surface area contributed by atoms with Crippen LogP contribution in [-0.2, 0) is 6.54 Å². The van der Waals surface area contributed by atoms with Gasteiger partial charge in [0.1, 0.15) is 24.0 Å². The van der Waals surface area contributed by atoms with Crippen molar-refractivity contribution in [2.75, 3.05) is 0 Å². The number of aromatic nitrogens is 3. The number of hydrogen-bond acceptors (Lipinski definition) is 4. The summed E-state index contributed by atoms with van der Waals surface area (Å²) in [5.74, 6) is 0.604. The molecular weight excluding hydrogens is 328 g/mol. The largest absolute Gasteiger partial charge is 0.459 e. The van der Waals surface area contributed by atoms with Gasteiger partial charge in [-0.1, -0.05) is 30.3 Å². The summed E-state index contributed by atoms with van der Waals surface area (Å²) in [6, 6.07) is 17.0. The molecule has 6 nitrogen and oxygen atoms in total. The summed E-state index contributed by atoms with van der Waals surface area (Å²) >= 11 is 0. The smallest absolute Gasteiger partial charge is 0.251 e. The number of nitrogens with one attached hydrogen (secondary N) is 1. The van der Waals surface area contributed by atoms with Gasteiger partial charge in [-0.3, -0.25) is 4.79 Å². The van der Waals surface area contributed by atoms with E-state index in [2.05, 4.69) is 15.4 Å². The summed E-state index contributed by atoms with van der Waals surface area (Å²) in [6.07, 6.45) is 3.16. The zero-order valence-corrected chi connectivity index (χ0v) is 14.3. The topological polar surface area (TPSA) is 73.0 Å². The summed E-state index contributed by atoms with van der Waals surface area (Å²) in [4.78, 5) is 16.4. The second-order valence-corrected chi connectivity index (χ2v) is 6.17. The lowest BCUT2D eigenvalue weighted by Crippen LogP contribution is -2.26. The molecule has 0 aliphatic heterocycles. The molecule has 1 amide bonds. The lowest BCUT2D eigenvalue weighted by Gasteiger charge is -2.11. The van der Waals surface area contributed by atoms with Gasteiger partial charge in [-0.15, -0.1) is 0 Å². The highest BCUT2D eigenvalue weighted by atomic mass is 16.3. The number of carbonyl (C=O) groups is 1. The molecule has 1 N–H and O–H groups in total. The predicted molar refractivity (Wildman–Crippen MR) is 97.7 cm³/mol. The normalized spacial score (nSPS) is 12.2. The van der Waals surface area contributed by atoms with Crippen molar-refractivity contribution in [3.8, 4) is 0 Å². The number of fused-ring (bicyclic) bond motifs is 1. The van der Waals surface area contributed by atoms with E-state index in [-0.39, 0.29) is 11.9 Å². The molecule has 0 saturated carbocycles. The zero-order chi connectivity index (χ0) is 17.9. The van der Waals surface area contributed by atoms with Crippen LogP contribution in [0.3, 0.4) is 0 Å². The molecule has 2 aromatic heterocycles. The fourth-order valence-electron chi connectivity index (χ4n) is 2.83. The Morgan fingerprint density at radius 2 is 2.00 bits per heavy atom. The predicted octanol–water partition coefficient (Wildman–Crippen LogP) is 3.56. The van der Waals surface area contributed by atoms with Crippen LogP contribution in [0.5, 0.6) is 0 Å². The molecule has 0 spiro atoms. The minimum absolute atomic E-state index is 0.134. The summed E-state index contributed by atoms with van der Waals surface area (Å²) in [6.45, 7) is 2.53. The molecule has 1 unspecified atom stereocenters. The van der Waals surface area contributed by atoms with Crippen molar-refractivity contribution in [1.82, 2.24) is 20.1 Å². The van der Waals surface area contributed by atoms with Crippen LogP contribution in [0, 0.1) is 0 Å². The second-order valence-electron chi connectivity index (χ2n) is 6.17. The molecule has 130 valence electrons. The van der Waals surface area contributed by atoms with Gasteiger partial charge in [-0.2, -0.15) is 5.10 Å². The van der Waals surface area contributed by atoms with E-state index < -0.39 is 0 Å². The van der Waals surface area contributed by atoms with Gasteiger partial charge in [0.05, 0.1) is 12.6 Å². The second kappa shape index (κ2) is 6.84. The van der Waals surface area contributed by atoms with Gasteiger partial charge >= 0.3 is 0 Å². The van der Waals surface area contributed by atoms with Gasteiger partial charge in [0, 0.05) is 10.9 Å². The molecule has 26 heavy (non-hydrogen) atoms. The third kappa shape index (κ3) is 3.35. The van der Waals surface area contributed by atoms with Gasteiger partial charge in [0.25, 0.3) is 5.91 Å². The van der Waals surface area contributed by atoms with Gasteiger partial charge in [0.2, 0.25) is 0 Å². The van der Waals surface area contributed by atoms with Crippen molar-refractivity contribution in [3.63, 3.8) is 0 Å². The maximum Gasteiger partial charge on any atom is 0.251 e. The van der Waals surface area contributed by atoms with E-state index in [4.69, 9.17) is 4.42 Å².